The average Bonchev–Trinajstić information content (AvgIpc) is 3.60. The summed E-state index contributed by atoms with van der Waals surface area (Å²) in [7, 11) is 1.15. The number of hydrogen-bond donors (Lipinski definition) is 0. The molecule has 0 aromatic rings. The van der Waals surface area contributed by atoms with Gasteiger partial charge in [0.05, 0.1) is 27.7 Å². The lowest BCUT2D eigenvalue weighted by Crippen LogP contribution is -2.37. The Balaban J connectivity index is 3.98. The third-order valence-corrected chi connectivity index (χ3v) is 17.6. The molecule has 2 unspecified atom stereocenters. The minimum atomic E-state index is -4.65. The second kappa shape index (κ2) is 69.5. The number of quaternary nitrogens is 1. The number of unbranched alkanes of at least 4 members (excludes halogenated alkanes) is 42. The van der Waals surface area contributed by atoms with Crippen LogP contribution in [0, 0.1) is 0 Å². The fraction of sp³-hybridized carbons (Fsp3) is 0.797. The molecule has 0 radical (unpaired) electrons. The predicted octanol–water partition coefficient (Wildman–Crippen LogP) is 24.3. The molecule has 0 aliphatic rings. The zero-order valence-electron chi connectivity index (χ0n) is 59.1. The summed E-state index contributed by atoms with van der Waals surface area (Å²) in [6, 6.07) is 0. The van der Waals surface area contributed by atoms with Gasteiger partial charge in [-0.05, 0) is 70.6 Å². The van der Waals surface area contributed by atoms with Crippen LogP contribution in [0.15, 0.2) is 85.1 Å². The van der Waals surface area contributed by atoms with Gasteiger partial charge in [0.25, 0.3) is 7.82 Å². The van der Waals surface area contributed by atoms with Crippen LogP contribution in [-0.4, -0.2) is 70.0 Å². The van der Waals surface area contributed by atoms with Gasteiger partial charge in [0, 0.05) is 12.8 Å². The van der Waals surface area contributed by atoms with E-state index in [2.05, 4.69) is 98.9 Å². The fourth-order valence-corrected chi connectivity index (χ4v) is 11.7. The highest BCUT2D eigenvalue weighted by atomic mass is 31.2. The van der Waals surface area contributed by atoms with Gasteiger partial charge in [-0.15, -0.1) is 0 Å². The second-order valence-electron chi connectivity index (χ2n) is 26.6. The van der Waals surface area contributed by atoms with Crippen molar-refractivity contribution in [1.29, 1.82) is 0 Å². The summed E-state index contributed by atoms with van der Waals surface area (Å²) in [6.45, 7) is 4.15. The predicted molar refractivity (Wildman–Crippen MR) is 383 cm³/mol. The summed E-state index contributed by atoms with van der Waals surface area (Å²) in [5, 5.41) is 0. The monoisotopic (exact) mass is 1270 g/mol. The maximum atomic E-state index is 12.9. The molecule has 0 spiro atoms. The van der Waals surface area contributed by atoms with Crippen molar-refractivity contribution < 1.29 is 42.1 Å². The van der Waals surface area contributed by atoms with Crippen LogP contribution in [0.2, 0.25) is 0 Å². The highest BCUT2D eigenvalue weighted by Gasteiger charge is 2.22. The normalized spacial score (nSPS) is 13.6. The van der Waals surface area contributed by atoms with Crippen LogP contribution < -0.4 is 4.89 Å². The first-order valence-corrected chi connectivity index (χ1v) is 39.3. The van der Waals surface area contributed by atoms with E-state index < -0.39 is 26.5 Å². The number of allylic oxidation sites excluding steroid dienone is 14. The van der Waals surface area contributed by atoms with Crippen molar-refractivity contribution in [3.8, 4) is 0 Å². The van der Waals surface area contributed by atoms with Gasteiger partial charge in [0.2, 0.25) is 0 Å². The zero-order valence-corrected chi connectivity index (χ0v) is 60.0. The van der Waals surface area contributed by atoms with E-state index in [1.807, 2.05) is 21.1 Å². The van der Waals surface area contributed by atoms with Gasteiger partial charge in [-0.25, -0.2) is 0 Å². The van der Waals surface area contributed by atoms with Gasteiger partial charge in [-0.2, -0.15) is 0 Å². The van der Waals surface area contributed by atoms with Crippen molar-refractivity contribution in [2.75, 3.05) is 47.5 Å². The molecule has 0 aromatic heterocycles. The number of esters is 2. The van der Waals surface area contributed by atoms with E-state index >= 15 is 0 Å². The highest BCUT2D eigenvalue weighted by Crippen LogP contribution is 2.38. The van der Waals surface area contributed by atoms with Gasteiger partial charge in [0.1, 0.15) is 19.8 Å². The molecule has 89 heavy (non-hydrogen) atoms. The molecular weight excluding hydrogens is 1120 g/mol. The molecule has 0 aliphatic carbocycles. The maximum absolute atomic E-state index is 12.9. The van der Waals surface area contributed by atoms with Crippen LogP contribution in [0.1, 0.15) is 354 Å². The van der Waals surface area contributed by atoms with E-state index in [4.69, 9.17) is 18.5 Å². The molecule has 518 valence electrons. The lowest BCUT2D eigenvalue weighted by atomic mass is 10.0. The first kappa shape index (κ1) is 86.2. The number of ether oxygens (including phenoxy) is 2. The lowest BCUT2D eigenvalue weighted by Gasteiger charge is -2.28. The van der Waals surface area contributed by atoms with Crippen molar-refractivity contribution >= 4 is 19.8 Å². The summed E-state index contributed by atoms with van der Waals surface area (Å²) in [5.74, 6) is -0.846. The highest BCUT2D eigenvalue weighted by molar-refractivity contribution is 7.45. The van der Waals surface area contributed by atoms with Crippen LogP contribution >= 0.6 is 7.82 Å². The Labute approximate surface area is 551 Å². The van der Waals surface area contributed by atoms with E-state index in [0.29, 0.717) is 17.4 Å². The molecule has 0 fully saturated rings. The number of carbonyl (C=O) groups excluding carboxylic acids is 2. The largest absolute Gasteiger partial charge is 0.756 e. The molecule has 0 saturated heterocycles. The van der Waals surface area contributed by atoms with E-state index in [1.54, 1.807) is 0 Å². The number of hydrogen-bond acceptors (Lipinski definition) is 8. The Morgan fingerprint density at radius 1 is 0.360 bits per heavy atom. The molecule has 9 nitrogen and oxygen atoms in total. The smallest absolute Gasteiger partial charge is 0.306 e. The summed E-state index contributed by atoms with van der Waals surface area (Å²) >= 11 is 0. The van der Waals surface area contributed by atoms with Crippen LogP contribution in [0.4, 0.5) is 0 Å². The summed E-state index contributed by atoms with van der Waals surface area (Å²) in [5.41, 5.74) is 0. The van der Waals surface area contributed by atoms with Gasteiger partial charge in [-0.3, -0.25) is 14.2 Å². The average molecular weight is 1270 g/mol. The minimum absolute atomic E-state index is 0.0376. The quantitative estimate of drug-likeness (QED) is 0.0195. The summed E-state index contributed by atoms with van der Waals surface area (Å²) in [6.07, 6.45) is 95.6. The topological polar surface area (TPSA) is 111 Å². The summed E-state index contributed by atoms with van der Waals surface area (Å²) in [4.78, 5) is 38.1. The van der Waals surface area contributed by atoms with E-state index in [1.165, 1.54) is 225 Å². The Bertz CT molecular complexity index is 1780. The van der Waals surface area contributed by atoms with Crippen molar-refractivity contribution in [2.45, 2.75) is 360 Å². The number of phosphoric ester groups is 1. The molecule has 10 heteroatoms. The second-order valence-corrected chi connectivity index (χ2v) is 28.1. The van der Waals surface area contributed by atoms with Crippen molar-refractivity contribution in [3.05, 3.63) is 85.1 Å². The standard InChI is InChI=1S/C79H144NO8P/c1-6-8-10-12-14-16-18-20-22-24-26-28-30-32-34-35-36-37-38-39-40-41-42-43-44-46-47-49-51-53-55-57-59-61-63-65-67-69-71-78(81)85-75-77(76-87-89(83,84)86-74-73-80(3,4)5)88-79(82)72-70-68-66-64-62-60-58-56-54-52-50-48-45-33-31-29-27-25-23-21-19-17-15-13-11-9-7-2/h9,11,15,17,21,23,27,29,33,45,50,52,56,58,77H,6-8,10,12-14,16,18-20,22,24-26,28,30-32,34-44,46-49,51,53-55,57,59-76H2,1-5H3/b11-9-,17-15-,23-21-,29-27-,45-33-,52-50-,58-56-. The van der Waals surface area contributed by atoms with Gasteiger partial charge in [0.15, 0.2) is 6.10 Å². The Hall–Kier alpha value is -2.81. The third kappa shape index (κ3) is 74.1. The minimum Gasteiger partial charge on any atom is -0.756 e. The van der Waals surface area contributed by atoms with Crippen LogP contribution in [0.3, 0.4) is 0 Å². The SMILES string of the molecule is CC/C=C\C/C=C\C/C=C\C/C=C\C/C=C\C/C=C\C/C=C\CCCCCCCC(=O)OC(COC(=O)CCCCCCCCCCCCCCCCCCCCCCCCCCCCCCCCCCCCCCCC)COP(=O)([O-])OCC[N+](C)(C)C. The molecule has 0 saturated carbocycles. The molecule has 0 N–H and O–H groups in total. The van der Waals surface area contributed by atoms with E-state index in [9.17, 15) is 19.0 Å². The fourth-order valence-electron chi connectivity index (χ4n) is 10.9. The van der Waals surface area contributed by atoms with Crippen molar-refractivity contribution in [1.82, 2.24) is 0 Å². The molecule has 0 heterocycles. The zero-order chi connectivity index (χ0) is 64.8. The number of phosphoric acid groups is 1. The van der Waals surface area contributed by atoms with E-state index in [0.717, 1.165) is 96.3 Å². The van der Waals surface area contributed by atoms with Gasteiger partial charge in [-0.1, -0.05) is 356 Å². The third-order valence-electron chi connectivity index (χ3n) is 16.7. The van der Waals surface area contributed by atoms with E-state index in [-0.39, 0.29) is 32.0 Å². The Morgan fingerprint density at radius 2 is 0.640 bits per heavy atom. The number of rotatable bonds is 70. The first-order chi connectivity index (χ1) is 43.5. The molecular formula is C79H144NO8P. The Morgan fingerprint density at radius 3 is 0.955 bits per heavy atom. The first-order valence-electron chi connectivity index (χ1n) is 37.8. The lowest BCUT2D eigenvalue weighted by molar-refractivity contribution is -0.870. The van der Waals surface area contributed by atoms with Crippen LogP contribution in [0.25, 0.3) is 0 Å². The molecule has 0 aromatic carbocycles. The Kier molecular flexibility index (Phi) is 67.3. The number of carbonyl (C=O) groups is 2. The molecule has 0 amide bonds. The number of nitrogens with zero attached hydrogens (tertiary/aromatic N) is 1. The number of likely N-dealkylation sites (N-methyl/N-ethyl adjacent to an activating group) is 1. The molecule has 2 atom stereocenters. The molecule has 0 rings (SSSR count). The van der Waals surface area contributed by atoms with Gasteiger partial charge < -0.3 is 27.9 Å². The van der Waals surface area contributed by atoms with Gasteiger partial charge >= 0.3 is 11.9 Å². The summed E-state index contributed by atoms with van der Waals surface area (Å²) < 4.78 is 34.3. The molecule has 0 bridgehead atoms. The van der Waals surface area contributed by atoms with Crippen molar-refractivity contribution in [3.63, 3.8) is 0 Å². The maximum Gasteiger partial charge on any atom is 0.306 e. The van der Waals surface area contributed by atoms with Crippen molar-refractivity contribution in [2.24, 2.45) is 0 Å². The van der Waals surface area contributed by atoms with Crippen LogP contribution in [-0.2, 0) is 32.7 Å². The van der Waals surface area contributed by atoms with Crippen LogP contribution in [0.5, 0.6) is 0 Å². The molecule has 0 aliphatic heterocycles.